The Balaban J connectivity index is 1.92. The summed E-state index contributed by atoms with van der Waals surface area (Å²) in [5, 5.41) is 9.03. The van der Waals surface area contributed by atoms with Crippen LogP contribution in [0.2, 0.25) is 0 Å². The third kappa shape index (κ3) is 2.03. The van der Waals surface area contributed by atoms with Gasteiger partial charge in [-0.15, -0.1) is 0 Å². The highest BCUT2D eigenvalue weighted by molar-refractivity contribution is 5.72. The number of piperidine rings is 1. The lowest BCUT2D eigenvalue weighted by Crippen LogP contribution is -2.54. The van der Waals surface area contributed by atoms with Crippen molar-refractivity contribution >= 4 is 5.97 Å². The number of likely N-dealkylation sites (tertiary alicyclic amines) is 1. The normalized spacial score (nSPS) is 42.3. The zero-order valence-electron chi connectivity index (χ0n) is 9.65. The Morgan fingerprint density at radius 2 is 1.93 bits per heavy atom. The molecule has 1 saturated carbocycles. The molecular weight excluding hydrogens is 190 g/mol. The molecule has 4 atom stereocenters. The minimum atomic E-state index is -0.600. The lowest BCUT2D eigenvalue weighted by Gasteiger charge is -2.46. The molecule has 1 saturated heterocycles. The molecule has 3 heteroatoms. The van der Waals surface area contributed by atoms with E-state index in [9.17, 15) is 4.79 Å². The third-order valence-corrected chi connectivity index (χ3v) is 4.39. The van der Waals surface area contributed by atoms with Gasteiger partial charge in [-0.05, 0) is 37.6 Å². The fourth-order valence-corrected chi connectivity index (χ4v) is 2.80. The highest BCUT2D eigenvalue weighted by atomic mass is 16.4. The predicted molar refractivity (Wildman–Crippen MR) is 58.7 cm³/mol. The van der Waals surface area contributed by atoms with Gasteiger partial charge in [-0.25, -0.2) is 0 Å². The number of aliphatic carboxylic acids is 1. The molecule has 0 aromatic rings. The van der Waals surface area contributed by atoms with Crippen molar-refractivity contribution in [1.82, 2.24) is 4.90 Å². The summed E-state index contributed by atoms with van der Waals surface area (Å²) in [5.74, 6) is 0.821. The van der Waals surface area contributed by atoms with E-state index in [0.717, 1.165) is 31.8 Å². The summed E-state index contributed by atoms with van der Waals surface area (Å²) in [7, 11) is 0. The van der Waals surface area contributed by atoms with Gasteiger partial charge in [-0.3, -0.25) is 9.69 Å². The van der Waals surface area contributed by atoms with Gasteiger partial charge in [0.05, 0.1) is 5.92 Å². The van der Waals surface area contributed by atoms with E-state index >= 15 is 0 Å². The van der Waals surface area contributed by atoms with E-state index in [2.05, 4.69) is 18.7 Å². The number of carboxylic acid groups (broad SMARTS) is 1. The summed E-state index contributed by atoms with van der Waals surface area (Å²) in [6, 6.07) is 0.331. The van der Waals surface area contributed by atoms with E-state index in [1.807, 2.05) is 0 Å². The maximum Gasteiger partial charge on any atom is 0.308 e. The Bertz CT molecular complexity index is 254. The number of hydrogen-bond acceptors (Lipinski definition) is 2. The van der Waals surface area contributed by atoms with Crippen LogP contribution in [0.1, 0.15) is 33.1 Å². The molecule has 4 unspecified atom stereocenters. The van der Waals surface area contributed by atoms with Crippen LogP contribution in [0.3, 0.4) is 0 Å². The standard InChI is InChI=1S/C12H21NO2/c1-8-5-6-13(7-9(8)2)11-4-3-10(11)12(14)15/h8-11H,3-7H2,1-2H3,(H,14,15). The number of hydrogen-bond donors (Lipinski definition) is 1. The number of carbonyl (C=O) groups is 1. The van der Waals surface area contributed by atoms with Gasteiger partial charge in [0, 0.05) is 12.6 Å². The van der Waals surface area contributed by atoms with Crippen LogP contribution < -0.4 is 0 Å². The second-order valence-corrected chi connectivity index (χ2v) is 5.33. The van der Waals surface area contributed by atoms with Gasteiger partial charge in [0.15, 0.2) is 0 Å². The smallest absolute Gasteiger partial charge is 0.308 e. The predicted octanol–water partition coefficient (Wildman–Crippen LogP) is 1.83. The fraction of sp³-hybridized carbons (Fsp3) is 0.917. The van der Waals surface area contributed by atoms with Gasteiger partial charge in [-0.1, -0.05) is 13.8 Å². The van der Waals surface area contributed by atoms with Gasteiger partial charge in [-0.2, -0.15) is 0 Å². The monoisotopic (exact) mass is 211 g/mol. The van der Waals surface area contributed by atoms with Crippen molar-refractivity contribution in [1.29, 1.82) is 0 Å². The van der Waals surface area contributed by atoms with Crippen molar-refractivity contribution in [2.75, 3.05) is 13.1 Å². The summed E-state index contributed by atoms with van der Waals surface area (Å²) in [6.45, 7) is 6.78. The molecule has 1 aliphatic heterocycles. The topological polar surface area (TPSA) is 40.5 Å². The van der Waals surface area contributed by atoms with Gasteiger partial charge < -0.3 is 5.11 Å². The zero-order valence-corrected chi connectivity index (χ0v) is 9.65. The molecule has 3 nitrogen and oxygen atoms in total. The Morgan fingerprint density at radius 3 is 2.40 bits per heavy atom. The number of carboxylic acids is 1. The molecule has 0 spiro atoms. The molecule has 2 rings (SSSR count). The van der Waals surface area contributed by atoms with Crippen LogP contribution in [0.4, 0.5) is 0 Å². The largest absolute Gasteiger partial charge is 0.481 e. The van der Waals surface area contributed by atoms with E-state index in [4.69, 9.17) is 5.11 Å². The fourth-order valence-electron chi connectivity index (χ4n) is 2.80. The maximum atomic E-state index is 11.0. The highest BCUT2D eigenvalue weighted by Crippen LogP contribution is 2.35. The molecule has 2 aliphatic rings. The average Bonchev–Trinajstić information content (AvgIpc) is 2.08. The summed E-state index contributed by atoms with van der Waals surface area (Å²) in [4.78, 5) is 13.4. The van der Waals surface area contributed by atoms with Crippen LogP contribution in [0, 0.1) is 17.8 Å². The van der Waals surface area contributed by atoms with Crippen LogP contribution in [0.5, 0.6) is 0 Å². The summed E-state index contributed by atoms with van der Waals surface area (Å²) in [5.41, 5.74) is 0. The molecule has 1 N–H and O–H groups in total. The Labute approximate surface area is 91.5 Å². The first kappa shape index (κ1) is 10.9. The summed E-state index contributed by atoms with van der Waals surface area (Å²) in [6.07, 6.45) is 3.18. The molecule has 0 aromatic heterocycles. The van der Waals surface area contributed by atoms with Crippen molar-refractivity contribution < 1.29 is 9.90 Å². The third-order valence-electron chi connectivity index (χ3n) is 4.39. The van der Waals surface area contributed by atoms with Crippen LogP contribution in [0.15, 0.2) is 0 Å². The van der Waals surface area contributed by atoms with Crippen LogP contribution in [-0.4, -0.2) is 35.1 Å². The van der Waals surface area contributed by atoms with E-state index in [1.165, 1.54) is 6.42 Å². The minimum absolute atomic E-state index is 0.0920. The first-order chi connectivity index (χ1) is 7.09. The molecule has 86 valence electrons. The molecule has 2 fully saturated rings. The van der Waals surface area contributed by atoms with E-state index < -0.39 is 5.97 Å². The van der Waals surface area contributed by atoms with Crippen LogP contribution in [0.25, 0.3) is 0 Å². The van der Waals surface area contributed by atoms with Crippen molar-refractivity contribution in [2.24, 2.45) is 17.8 Å². The van der Waals surface area contributed by atoms with Crippen molar-refractivity contribution in [2.45, 2.75) is 39.2 Å². The summed E-state index contributed by atoms with van der Waals surface area (Å²) >= 11 is 0. The van der Waals surface area contributed by atoms with Gasteiger partial charge in [0.1, 0.15) is 0 Å². The van der Waals surface area contributed by atoms with E-state index in [-0.39, 0.29) is 5.92 Å². The lowest BCUT2D eigenvalue weighted by atomic mass is 9.76. The molecular formula is C12H21NO2. The molecule has 0 amide bonds. The number of rotatable bonds is 2. The van der Waals surface area contributed by atoms with E-state index in [1.54, 1.807) is 0 Å². The minimum Gasteiger partial charge on any atom is -0.481 e. The lowest BCUT2D eigenvalue weighted by molar-refractivity contribution is -0.149. The Hall–Kier alpha value is -0.570. The van der Waals surface area contributed by atoms with Crippen molar-refractivity contribution in [3.8, 4) is 0 Å². The van der Waals surface area contributed by atoms with Crippen LogP contribution >= 0.6 is 0 Å². The highest BCUT2D eigenvalue weighted by Gasteiger charge is 2.41. The average molecular weight is 211 g/mol. The Kier molecular flexibility index (Phi) is 3.01. The maximum absolute atomic E-state index is 11.0. The van der Waals surface area contributed by atoms with E-state index in [0.29, 0.717) is 12.0 Å². The van der Waals surface area contributed by atoms with Crippen LogP contribution in [-0.2, 0) is 4.79 Å². The first-order valence-corrected chi connectivity index (χ1v) is 6.06. The molecule has 0 bridgehead atoms. The quantitative estimate of drug-likeness (QED) is 0.757. The van der Waals surface area contributed by atoms with Gasteiger partial charge in [0.2, 0.25) is 0 Å². The van der Waals surface area contributed by atoms with Crippen molar-refractivity contribution in [3.05, 3.63) is 0 Å². The van der Waals surface area contributed by atoms with Crippen molar-refractivity contribution in [3.63, 3.8) is 0 Å². The Morgan fingerprint density at radius 1 is 1.20 bits per heavy atom. The molecule has 15 heavy (non-hydrogen) atoms. The first-order valence-electron chi connectivity index (χ1n) is 6.06. The molecule has 0 radical (unpaired) electrons. The molecule has 1 heterocycles. The molecule has 0 aromatic carbocycles. The number of nitrogens with zero attached hydrogens (tertiary/aromatic N) is 1. The zero-order chi connectivity index (χ0) is 11.0. The second kappa shape index (κ2) is 4.12. The molecule has 1 aliphatic carbocycles. The second-order valence-electron chi connectivity index (χ2n) is 5.33. The van der Waals surface area contributed by atoms with Gasteiger partial charge >= 0.3 is 5.97 Å². The van der Waals surface area contributed by atoms with Gasteiger partial charge in [0.25, 0.3) is 0 Å². The SMILES string of the molecule is CC1CCN(C2CCC2C(=O)O)CC1C. The summed E-state index contributed by atoms with van der Waals surface area (Å²) < 4.78 is 0.